The van der Waals surface area contributed by atoms with E-state index in [1.165, 1.54) is 11.3 Å². The second-order valence-electron chi connectivity index (χ2n) is 7.11. The van der Waals surface area contributed by atoms with Gasteiger partial charge in [0.2, 0.25) is 0 Å². The van der Waals surface area contributed by atoms with Crippen molar-refractivity contribution >= 4 is 44.2 Å². The molecular weight excluding hydrogens is 416 g/mol. The van der Waals surface area contributed by atoms with Crippen LogP contribution in [0, 0.1) is 13.8 Å². The van der Waals surface area contributed by atoms with Crippen LogP contribution in [-0.4, -0.2) is 17.5 Å². The topological polar surface area (TPSA) is 42.4 Å². The van der Waals surface area contributed by atoms with E-state index in [9.17, 15) is 4.79 Å². The van der Waals surface area contributed by atoms with Crippen LogP contribution in [0.1, 0.15) is 16.7 Å². The van der Waals surface area contributed by atoms with Gasteiger partial charge in [0.05, 0.1) is 21.8 Å². The van der Waals surface area contributed by atoms with Crippen LogP contribution >= 0.6 is 22.9 Å². The molecule has 0 aliphatic carbocycles. The summed E-state index contributed by atoms with van der Waals surface area (Å²) in [5.41, 5.74) is 3.95. The molecule has 0 unspecified atom stereocenters. The molecule has 0 aliphatic rings. The van der Waals surface area contributed by atoms with Crippen LogP contribution in [0.2, 0.25) is 5.02 Å². The van der Waals surface area contributed by atoms with Crippen molar-refractivity contribution in [2.75, 3.05) is 11.5 Å². The van der Waals surface area contributed by atoms with Crippen molar-refractivity contribution < 1.29 is 9.53 Å². The minimum atomic E-state index is -0.159. The molecule has 4 nitrogen and oxygen atoms in total. The van der Waals surface area contributed by atoms with E-state index in [1.54, 1.807) is 4.90 Å². The summed E-state index contributed by atoms with van der Waals surface area (Å²) < 4.78 is 6.66. The number of aryl methyl sites for hydroxylation is 2. The van der Waals surface area contributed by atoms with Gasteiger partial charge in [-0.3, -0.25) is 9.69 Å². The highest BCUT2D eigenvalue weighted by molar-refractivity contribution is 7.23. The molecule has 0 saturated carbocycles. The lowest BCUT2D eigenvalue weighted by atomic mass is 10.2. The number of amides is 1. The first-order valence-electron chi connectivity index (χ1n) is 9.60. The molecule has 0 N–H and O–H groups in total. The summed E-state index contributed by atoms with van der Waals surface area (Å²) in [6.45, 7) is 4.32. The third kappa shape index (κ3) is 4.48. The molecule has 1 amide bonds. The zero-order valence-electron chi connectivity index (χ0n) is 16.8. The van der Waals surface area contributed by atoms with E-state index in [4.69, 9.17) is 21.3 Å². The van der Waals surface area contributed by atoms with Gasteiger partial charge in [0.1, 0.15) is 5.75 Å². The number of fused-ring (bicyclic) bond motifs is 1. The number of rotatable bonds is 6. The Bertz CT molecular complexity index is 1150. The molecular formula is C24H21ClN2O2S. The maximum absolute atomic E-state index is 13.2. The Morgan fingerprint density at radius 2 is 1.87 bits per heavy atom. The number of thiazole rings is 1. The molecule has 4 rings (SSSR count). The van der Waals surface area contributed by atoms with Gasteiger partial charge < -0.3 is 4.74 Å². The van der Waals surface area contributed by atoms with Crippen LogP contribution in [-0.2, 0) is 11.3 Å². The normalized spacial score (nSPS) is 10.9. The highest BCUT2D eigenvalue weighted by atomic mass is 35.5. The predicted molar refractivity (Wildman–Crippen MR) is 124 cm³/mol. The third-order valence-corrected chi connectivity index (χ3v) is 6.29. The molecule has 0 spiro atoms. The zero-order valence-corrected chi connectivity index (χ0v) is 18.3. The van der Waals surface area contributed by atoms with Gasteiger partial charge in [-0.2, -0.15) is 0 Å². The Morgan fingerprint density at radius 3 is 2.60 bits per heavy atom. The number of anilines is 1. The van der Waals surface area contributed by atoms with Crippen molar-refractivity contribution in [2.24, 2.45) is 0 Å². The Labute approximate surface area is 184 Å². The summed E-state index contributed by atoms with van der Waals surface area (Å²) in [5.74, 6) is 0.513. The van der Waals surface area contributed by atoms with Gasteiger partial charge in [-0.1, -0.05) is 71.5 Å². The second kappa shape index (κ2) is 8.86. The average molecular weight is 437 g/mol. The van der Waals surface area contributed by atoms with Crippen LogP contribution < -0.4 is 9.64 Å². The second-order valence-corrected chi connectivity index (χ2v) is 8.49. The first-order valence-corrected chi connectivity index (χ1v) is 10.8. The van der Waals surface area contributed by atoms with E-state index < -0.39 is 0 Å². The monoisotopic (exact) mass is 436 g/mol. The molecule has 1 aromatic heterocycles. The van der Waals surface area contributed by atoms with Gasteiger partial charge in [0.15, 0.2) is 11.7 Å². The predicted octanol–water partition coefficient (Wildman–Crippen LogP) is 6.18. The fourth-order valence-corrected chi connectivity index (χ4v) is 4.50. The number of ether oxygens (including phenoxy) is 1. The van der Waals surface area contributed by atoms with E-state index in [2.05, 4.69) is 0 Å². The molecule has 152 valence electrons. The molecule has 0 radical (unpaired) electrons. The Hall–Kier alpha value is -2.89. The first-order chi connectivity index (χ1) is 14.5. The number of aromatic nitrogens is 1. The lowest BCUT2D eigenvalue weighted by Gasteiger charge is -2.20. The fraction of sp³-hybridized carbons (Fsp3) is 0.167. The smallest absolute Gasteiger partial charge is 0.267 e. The molecule has 0 atom stereocenters. The van der Waals surface area contributed by atoms with E-state index >= 15 is 0 Å². The number of halogens is 1. The number of hydrogen-bond acceptors (Lipinski definition) is 4. The van der Waals surface area contributed by atoms with Crippen LogP contribution in [0.3, 0.4) is 0 Å². The van der Waals surface area contributed by atoms with Crippen LogP contribution in [0.25, 0.3) is 10.2 Å². The summed E-state index contributed by atoms with van der Waals surface area (Å²) in [6.07, 6.45) is 0. The Morgan fingerprint density at radius 1 is 1.07 bits per heavy atom. The maximum atomic E-state index is 13.2. The number of nitrogens with zero attached hydrogens (tertiary/aromatic N) is 2. The van der Waals surface area contributed by atoms with Crippen LogP contribution in [0.5, 0.6) is 5.75 Å². The van der Waals surface area contributed by atoms with E-state index in [0.717, 1.165) is 26.9 Å². The summed E-state index contributed by atoms with van der Waals surface area (Å²) in [6, 6.07) is 21.3. The van der Waals surface area contributed by atoms with Crippen molar-refractivity contribution in [3.63, 3.8) is 0 Å². The van der Waals surface area contributed by atoms with Gasteiger partial charge in [-0.25, -0.2) is 4.98 Å². The molecule has 6 heteroatoms. The number of carbonyl (C=O) groups is 1. The van der Waals surface area contributed by atoms with Crippen molar-refractivity contribution in [1.82, 2.24) is 4.98 Å². The maximum Gasteiger partial charge on any atom is 0.267 e. The minimum Gasteiger partial charge on any atom is -0.484 e. The number of hydrogen-bond donors (Lipinski definition) is 0. The molecule has 0 fully saturated rings. The summed E-state index contributed by atoms with van der Waals surface area (Å²) in [7, 11) is 0. The van der Waals surface area contributed by atoms with E-state index in [1.807, 2.05) is 80.6 Å². The van der Waals surface area contributed by atoms with Crippen molar-refractivity contribution in [3.05, 3.63) is 88.4 Å². The lowest BCUT2D eigenvalue weighted by Crippen LogP contribution is -2.34. The SMILES string of the molecule is Cc1cccc(OCC(=O)N(Cc2ccccc2)c2nc3c(C)ccc(Cl)c3s2)c1. The lowest BCUT2D eigenvalue weighted by molar-refractivity contribution is -0.120. The van der Waals surface area contributed by atoms with Crippen molar-refractivity contribution in [2.45, 2.75) is 20.4 Å². The standard InChI is InChI=1S/C24H21ClN2O2S/c1-16-7-6-10-19(13-16)29-15-21(28)27(14-18-8-4-3-5-9-18)24-26-22-17(2)11-12-20(25)23(22)30-24/h3-13H,14-15H2,1-2H3. The van der Waals surface area contributed by atoms with E-state index in [-0.39, 0.29) is 12.5 Å². The third-order valence-electron chi connectivity index (χ3n) is 4.75. The molecule has 0 aliphatic heterocycles. The highest BCUT2D eigenvalue weighted by Gasteiger charge is 2.22. The van der Waals surface area contributed by atoms with Gasteiger partial charge in [-0.15, -0.1) is 0 Å². The number of carbonyl (C=O) groups excluding carboxylic acids is 1. The van der Waals surface area contributed by atoms with Crippen LogP contribution in [0.4, 0.5) is 5.13 Å². The first kappa shape index (κ1) is 20.4. The fourth-order valence-electron chi connectivity index (χ4n) is 3.16. The Balaban J connectivity index is 1.65. The summed E-state index contributed by atoms with van der Waals surface area (Å²) in [5, 5.41) is 1.25. The molecule has 0 saturated heterocycles. The van der Waals surface area contributed by atoms with Crippen molar-refractivity contribution in [3.8, 4) is 5.75 Å². The molecule has 30 heavy (non-hydrogen) atoms. The van der Waals surface area contributed by atoms with E-state index in [0.29, 0.717) is 22.4 Å². The Kier molecular flexibility index (Phi) is 6.02. The average Bonchev–Trinajstić information content (AvgIpc) is 3.20. The van der Waals surface area contributed by atoms with Crippen molar-refractivity contribution in [1.29, 1.82) is 0 Å². The molecule has 1 heterocycles. The molecule has 0 bridgehead atoms. The summed E-state index contributed by atoms with van der Waals surface area (Å²) >= 11 is 7.81. The number of benzene rings is 3. The quantitative estimate of drug-likeness (QED) is 0.362. The van der Waals surface area contributed by atoms with Gasteiger partial charge >= 0.3 is 0 Å². The van der Waals surface area contributed by atoms with Gasteiger partial charge in [0, 0.05) is 0 Å². The van der Waals surface area contributed by atoms with Gasteiger partial charge in [-0.05, 0) is 48.7 Å². The summed E-state index contributed by atoms with van der Waals surface area (Å²) in [4.78, 5) is 19.6. The molecule has 3 aromatic carbocycles. The zero-order chi connectivity index (χ0) is 21.1. The van der Waals surface area contributed by atoms with Gasteiger partial charge in [0.25, 0.3) is 5.91 Å². The van der Waals surface area contributed by atoms with Crippen LogP contribution in [0.15, 0.2) is 66.7 Å². The minimum absolute atomic E-state index is 0.0705. The molecule has 4 aromatic rings. The highest BCUT2D eigenvalue weighted by Crippen LogP contribution is 2.36. The largest absolute Gasteiger partial charge is 0.484 e.